The normalized spacial score (nSPS) is 23.1. The van der Waals surface area contributed by atoms with Gasteiger partial charge in [-0.05, 0) is 38.3 Å². The van der Waals surface area contributed by atoms with Crippen LogP contribution in [0.25, 0.3) is 0 Å². The van der Waals surface area contributed by atoms with Gasteiger partial charge in [0, 0.05) is 36.8 Å². The first-order chi connectivity index (χ1) is 9.72. The van der Waals surface area contributed by atoms with Crippen LogP contribution in [-0.4, -0.2) is 40.3 Å². The first-order valence-electron chi connectivity index (χ1n) is 7.70. The number of benzene rings is 1. The Morgan fingerprint density at radius 3 is 2.65 bits per heavy atom. The zero-order valence-electron chi connectivity index (χ0n) is 11.9. The highest BCUT2D eigenvalue weighted by atomic mass is 16.3. The fourth-order valence-electron chi connectivity index (χ4n) is 3.05. The second-order valence-electron chi connectivity index (χ2n) is 6.12. The maximum atomic E-state index is 9.95. The van der Waals surface area contributed by atoms with Crippen LogP contribution in [0.4, 0.5) is 0 Å². The van der Waals surface area contributed by atoms with Gasteiger partial charge in [-0.1, -0.05) is 12.5 Å². The molecule has 1 aliphatic carbocycles. The average molecular weight is 276 g/mol. The number of hydrogen-bond donors (Lipinski definition) is 3. The molecule has 4 nitrogen and oxygen atoms in total. The first-order valence-corrected chi connectivity index (χ1v) is 7.70. The molecule has 1 aromatic carbocycles. The standard InChI is InChI=1S/C16H24N2O2/c19-15-7-4-12(16(20)9-15)10-18(14-5-6-14)11-13-3-1-2-8-17-13/h4,7,9,13-14,17,19-20H,1-3,5-6,8,10-11H2. The minimum atomic E-state index is 0.123. The van der Waals surface area contributed by atoms with Crippen LogP contribution in [0.5, 0.6) is 11.5 Å². The lowest BCUT2D eigenvalue weighted by molar-refractivity contribution is 0.206. The van der Waals surface area contributed by atoms with Crippen molar-refractivity contribution in [3.05, 3.63) is 23.8 Å². The lowest BCUT2D eigenvalue weighted by Gasteiger charge is -2.31. The molecular weight excluding hydrogens is 252 g/mol. The number of piperidine rings is 1. The van der Waals surface area contributed by atoms with E-state index in [1.807, 2.05) is 6.07 Å². The smallest absolute Gasteiger partial charge is 0.123 e. The molecule has 20 heavy (non-hydrogen) atoms. The van der Waals surface area contributed by atoms with Crippen molar-refractivity contribution in [2.24, 2.45) is 0 Å². The first kappa shape index (κ1) is 13.7. The van der Waals surface area contributed by atoms with Crippen molar-refractivity contribution >= 4 is 0 Å². The lowest BCUT2D eigenvalue weighted by atomic mass is 10.0. The monoisotopic (exact) mass is 276 g/mol. The Morgan fingerprint density at radius 2 is 2.00 bits per heavy atom. The summed E-state index contributed by atoms with van der Waals surface area (Å²) in [5.41, 5.74) is 0.908. The molecule has 1 saturated carbocycles. The molecule has 1 saturated heterocycles. The molecule has 2 aliphatic rings. The fraction of sp³-hybridized carbons (Fsp3) is 0.625. The molecule has 0 radical (unpaired) electrons. The van der Waals surface area contributed by atoms with Crippen molar-refractivity contribution in [2.75, 3.05) is 13.1 Å². The molecule has 1 aromatic rings. The predicted molar refractivity (Wildman–Crippen MR) is 78.8 cm³/mol. The minimum absolute atomic E-state index is 0.123. The quantitative estimate of drug-likeness (QED) is 0.772. The van der Waals surface area contributed by atoms with E-state index in [-0.39, 0.29) is 11.5 Å². The topological polar surface area (TPSA) is 55.7 Å². The number of nitrogens with one attached hydrogen (secondary N) is 1. The second-order valence-corrected chi connectivity index (χ2v) is 6.12. The Kier molecular flexibility index (Phi) is 4.13. The zero-order chi connectivity index (χ0) is 13.9. The zero-order valence-corrected chi connectivity index (χ0v) is 11.9. The van der Waals surface area contributed by atoms with Crippen molar-refractivity contribution in [1.82, 2.24) is 10.2 Å². The number of hydrogen-bond acceptors (Lipinski definition) is 4. The van der Waals surface area contributed by atoms with Crippen molar-refractivity contribution in [2.45, 2.75) is 50.7 Å². The molecule has 0 amide bonds. The molecule has 2 fully saturated rings. The molecule has 1 unspecified atom stereocenters. The summed E-state index contributed by atoms with van der Waals surface area (Å²) in [4.78, 5) is 2.48. The Morgan fingerprint density at radius 1 is 1.15 bits per heavy atom. The van der Waals surface area contributed by atoms with E-state index in [4.69, 9.17) is 0 Å². The van der Waals surface area contributed by atoms with E-state index in [1.165, 1.54) is 38.2 Å². The minimum Gasteiger partial charge on any atom is -0.508 e. The maximum absolute atomic E-state index is 9.95. The Balaban J connectivity index is 1.64. The van der Waals surface area contributed by atoms with E-state index < -0.39 is 0 Å². The molecule has 1 atom stereocenters. The van der Waals surface area contributed by atoms with Crippen LogP contribution in [0.2, 0.25) is 0 Å². The number of phenols is 2. The van der Waals surface area contributed by atoms with Gasteiger partial charge in [0.2, 0.25) is 0 Å². The van der Waals surface area contributed by atoms with E-state index in [9.17, 15) is 10.2 Å². The largest absolute Gasteiger partial charge is 0.508 e. The van der Waals surface area contributed by atoms with Gasteiger partial charge in [0.05, 0.1) is 0 Å². The van der Waals surface area contributed by atoms with Crippen LogP contribution >= 0.6 is 0 Å². The van der Waals surface area contributed by atoms with Gasteiger partial charge in [-0.15, -0.1) is 0 Å². The summed E-state index contributed by atoms with van der Waals surface area (Å²) < 4.78 is 0. The summed E-state index contributed by atoms with van der Waals surface area (Å²) in [7, 11) is 0. The number of rotatable bonds is 5. The molecular formula is C16H24N2O2. The third-order valence-corrected chi connectivity index (χ3v) is 4.37. The summed E-state index contributed by atoms with van der Waals surface area (Å²) in [6.07, 6.45) is 6.40. The van der Waals surface area contributed by atoms with Crippen molar-refractivity contribution in [3.63, 3.8) is 0 Å². The highest BCUT2D eigenvalue weighted by molar-refractivity contribution is 5.38. The van der Waals surface area contributed by atoms with Crippen LogP contribution in [0.15, 0.2) is 18.2 Å². The van der Waals surface area contributed by atoms with Crippen LogP contribution in [0.3, 0.4) is 0 Å². The van der Waals surface area contributed by atoms with Crippen LogP contribution in [0, 0.1) is 0 Å². The van der Waals surface area contributed by atoms with Crippen molar-refractivity contribution in [3.8, 4) is 11.5 Å². The molecule has 3 rings (SSSR count). The highest BCUT2D eigenvalue weighted by Crippen LogP contribution is 2.31. The fourth-order valence-corrected chi connectivity index (χ4v) is 3.05. The van der Waals surface area contributed by atoms with Crippen LogP contribution < -0.4 is 5.32 Å². The van der Waals surface area contributed by atoms with Crippen LogP contribution in [-0.2, 0) is 6.54 Å². The number of aromatic hydroxyl groups is 2. The van der Waals surface area contributed by atoms with Gasteiger partial charge in [-0.2, -0.15) is 0 Å². The van der Waals surface area contributed by atoms with Gasteiger partial charge in [0.25, 0.3) is 0 Å². The SMILES string of the molecule is Oc1ccc(CN(CC2CCCCN2)C2CC2)c(O)c1. The van der Waals surface area contributed by atoms with Gasteiger partial charge >= 0.3 is 0 Å². The van der Waals surface area contributed by atoms with Gasteiger partial charge < -0.3 is 15.5 Å². The maximum Gasteiger partial charge on any atom is 0.123 e. The molecule has 1 heterocycles. The van der Waals surface area contributed by atoms with E-state index in [0.717, 1.165) is 25.2 Å². The van der Waals surface area contributed by atoms with Crippen molar-refractivity contribution < 1.29 is 10.2 Å². The van der Waals surface area contributed by atoms with Crippen LogP contribution in [0.1, 0.15) is 37.7 Å². The van der Waals surface area contributed by atoms with Gasteiger partial charge in [0.15, 0.2) is 0 Å². The summed E-state index contributed by atoms with van der Waals surface area (Å²) in [6.45, 7) is 2.97. The van der Waals surface area contributed by atoms with E-state index in [1.54, 1.807) is 6.07 Å². The summed E-state index contributed by atoms with van der Waals surface area (Å²) in [5, 5.41) is 22.9. The molecule has 3 N–H and O–H groups in total. The number of phenolic OH excluding ortho intramolecular Hbond substituents is 2. The average Bonchev–Trinajstić information content (AvgIpc) is 3.26. The summed E-state index contributed by atoms with van der Waals surface area (Å²) in [6, 6.07) is 6.17. The Labute approximate surface area is 120 Å². The van der Waals surface area contributed by atoms with E-state index >= 15 is 0 Å². The predicted octanol–water partition coefficient (Wildman–Crippen LogP) is 2.20. The molecule has 0 spiro atoms. The summed E-state index contributed by atoms with van der Waals surface area (Å²) in [5.74, 6) is 0.324. The summed E-state index contributed by atoms with van der Waals surface area (Å²) >= 11 is 0. The lowest BCUT2D eigenvalue weighted by Crippen LogP contribution is -2.44. The third-order valence-electron chi connectivity index (χ3n) is 4.37. The third kappa shape index (κ3) is 3.44. The van der Waals surface area contributed by atoms with E-state index in [0.29, 0.717) is 12.1 Å². The van der Waals surface area contributed by atoms with Gasteiger partial charge in [0.1, 0.15) is 11.5 Å². The van der Waals surface area contributed by atoms with E-state index in [2.05, 4.69) is 10.2 Å². The number of nitrogens with zero attached hydrogens (tertiary/aromatic N) is 1. The highest BCUT2D eigenvalue weighted by Gasteiger charge is 2.31. The van der Waals surface area contributed by atoms with Gasteiger partial charge in [-0.3, -0.25) is 4.90 Å². The Bertz CT molecular complexity index is 454. The van der Waals surface area contributed by atoms with Crippen molar-refractivity contribution in [1.29, 1.82) is 0 Å². The van der Waals surface area contributed by atoms with Gasteiger partial charge in [-0.25, -0.2) is 0 Å². The molecule has 110 valence electrons. The molecule has 1 aliphatic heterocycles. The second kappa shape index (κ2) is 6.02. The molecule has 0 bridgehead atoms. The Hall–Kier alpha value is -1.26. The molecule has 0 aromatic heterocycles. The molecule has 4 heteroatoms.